The van der Waals surface area contributed by atoms with E-state index in [2.05, 4.69) is 34.0 Å². The fourth-order valence-corrected chi connectivity index (χ4v) is 1.89. The summed E-state index contributed by atoms with van der Waals surface area (Å²) in [5, 5.41) is 3.22. The lowest BCUT2D eigenvalue weighted by molar-refractivity contribution is 0.298. The van der Waals surface area contributed by atoms with Gasteiger partial charge in [0.15, 0.2) is 5.82 Å². The summed E-state index contributed by atoms with van der Waals surface area (Å²) >= 11 is 0. The summed E-state index contributed by atoms with van der Waals surface area (Å²) in [6, 6.07) is 0. The highest BCUT2D eigenvalue weighted by Crippen LogP contribution is 2.23. The first-order chi connectivity index (χ1) is 9.22. The number of aromatic nitrogens is 2. The van der Waals surface area contributed by atoms with Gasteiger partial charge in [-0.3, -0.25) is 0 Å². The van der Waals surface area contributed by atoms with E-state index >= 15 is 0 Å². The smallest absolute Gasteiger partial charge is 0.242 e. The first-order valence-electron chi connectivity index (χ1n) is 6.83. The highest BCUT2D eigenvalue weighted by atomic mass is 16.5. The van der Waals surface area contributed by atoms with Gasteiger partial charge in [0.05, 0.1) is 7.11 Å². The maximum Gasteiger partial charge on any atom is 0.242 e. The van der Waals surface area contributed by atoms with Crippen molar-refractivity contribution in [1.82, 2.24) is 14.9 Å². The third kappa shape index (κ3) is 4.90. The molecule has 0 bridgehead atoms. The van der Waals surface area contributed by atoms with Gasteiger partial charge in [-0.1, -0.05) is 13.8 Å². The zero-order valence-corrected chi connectivity index (χ0v) is 12.1. The van der Waals surface area contributed by atoms with Gasteiger partial charge in [-0.25, -0.2) is 4.98 Å². The molecule has 108 valence electrons. The molecule has 19 heavy (non-hydrogen) atoms. The van der Waals surface area contributed by atoms with Gasteiger partial charge in [0.25, 0.3) is 0 Å². The van der Waals surface area contributed by atoms with Crippen molar-refractivity contribution in [2.75, 3.05) is 44.3 Å². The van der Waals surface area contributed by atoms with Crippen LogP contribution in [0.3, 0.4) is 0 Å². The molecular formula is C13H25N5O. The molecule has 6 heteroatoms. The Morgan fingerprint density at radius 1 is 1.26 bits per heavy atom. The number of anilines is 2. The van der Waals surface area contributed by atoms with Crippen LogP contribution >= 0.6 is 0 Å². The van der Waals surface area contributed by atoms with E-state index in [1.54, 1.807) is 7.11 Å². The Balaban J connectivity index is 2.30. The van der Waals surface area contributed by atoms with Gasteiger partial charge in [0.1, 0.15) is 12.0 Å². The summed E-state index contributed by atoms with van der Waals surface area (Å²) in [4.78, 5) is 10.5. The number of rotatable bonds is 9. The maximum atomic E-state index is 5.88. The van der Waals surface area contributed by atoms with Gasteiger partial charge in [0, 0.05) is 6.54 Å². The number of hydrogen-bond donors (Lipinski definition) is 2. The fourth-order valence-electron chi connectivity index (χ4n) is 1.89. The van der Waals surface area contributed by atoms with Crippen LogP contribution in [0.4, 0.5) is 11.5 Å². The van der Waals surface area contributed by atoms with E-state index in [1.807, 2.05) is 0 Å². The molecule has 0 saturated heterocycles. The van der Waals surface area contributed by atoms with E-state index in [0.29, 0.717) is 17.4 Å². The quantitative estimate of drug-likeness (QED) is 0.662. The number of nitrogens with one attached hydrogen (secondary N) is 1. The Morgan fingerprint density at radius 2 is 2.00 bits per heavy atom. The van der Waals surface area contributed by atoms with Crippen molar-refractivity contribution in [2.24, 2.45) is 0 Å². The van der Waals surface area contributed by atoms with Gasteiger partial charge >= 0.3 is 0 Å². The van der Waals surface area contributed by atoms with Gasteiger partial charge in [0.2, 0.25) is 5.88 Å². The second-order valence-corrected chi connectivity index (χ2v) is 4.31. The standard InChI is InChI=1S/C13H25N5O/c1-4-18(5-2)9-7-6-8-15-12-11(14)13(19-3)17-10-16-12/h10H,4-9,14H2,1-3H3,(H,15,16,17). The van der Waals surface area contributed by atoms with E-state index < -0.39 is 0 Å². The van der Waals surface area contributed by atoms with Gasteiger partial charge in [-0.2, -0.15) is 4.98 Å². The Kier molecular flexibility index (Phi) is 6.95. The predicted molar refractivity (Wildman–Crippen MR) is 78.5 cm³/mol. The molecule has 0 aliphatic rings. The first kappa shape index (κ1) is 15.5. The number of nitrogens with zero attached hydrogens (tertiary/aromatic N) is 3. The van der Waals surface area contributed by atoms with Crippen LogP contribution in [0.2, 0.25) is 0 Å². The third-order valence-electron chi connectivity index (χ3n) is 3.13. The van der Waals surface area contributed by atoms with Crippen molar-refractivity contribution < 1.29 is 4.74 Å². The Hall–Kier alpha value is -1.56. The molecule has 1 aromatic rings. The van der Waals surface area contributed by atoms with Crippen LogP contribution in [-0.2, 0) is 0 Å². The van der Waals surface area contributed by atoms with Crippen LogP contribution in [0.5, 0.6) is 5.88 Å². The van der Waals surface area contributed by atoms with Crippen molar-refractivity contribution in [2.45, 2.75) is 26.7 Å². The molecule has 1 aromatic heterocycles. The highest BCUT2D eigenvalue weighted by Gasteiger charge is 2.07. The number of methoxy groups -OCH3 is 1. The summed E-state index contributed by atoms with van der Waals surface area (Å²) in [5.74, 6) is 1.07. The molecule has 0 atom stereocenters. The summed E-state index contributed by atoms with van der Waals surface area (Å²) < 4.78 is 5.05. The van der Waals surface area contributed by atoms with E-state index in [-0.39, 0.29) is 0 Å². The average molecular weight is 267 g/mol. The van der Waals surface area contributed by atoms with Crippen LogP contribution in [-0.4, -0.2) is 48.2 Å². The largest absolute Gasteiger partial charge is 0.479 e. The van der Waals surface area contributed by atoms with Crippen LogP contribution in [0.1, 0.15) is 26.7 Å². The molecule has 1 rings (SSSR count). The molecule has 0 unspecified atom stereocenters. The van der Waals surface area contributed by atoms with E-state index in [9.17, 15) is 0 Å². The third-order valence-corrected chi connectivity index (χ3v) is 3.13. The minimum Gasteiger partial charge on any atom is -0.479 e. The normalized spacial score (nSPS) is 10.7. The predicted octanol–water partition coefficient (Wildman–Crippen LogP) is 1.60. The van der Waals surface area contributed by atoms with Crippen LogP contribution in [0.25, 0.3) is 0 Å². The molecule has 0 aliphatic heterocycles. The second kappa shape index (κ2) is 8.53. The average Bonchev–Trinajstić information content (AvgIpc) is 2.44. The molecule has 0 amide bonds. The van der Waals surface area contributed by atoms with Crippen molar-refractivity contribution in [3.63, 3.8) is 0 Å². The minimum absolute atomic E-state index is 0.417. The zero-order chi connectivity index (χ0) is 14.1. The molecule has 0 aliphatic carbocycles. The van der Waals surface area contributed by atoms with Crippen molar-refractivity contribution in [3.05, 3.63) is 6.33 Å². The molecule has 3 N–H and O–H groups in total. The lowest BCUT2D eigenvalue weighted by Gasteiger charge is -2.17. The van der Waals surface area contributed by atoms with Gasteiger partial charge in [-0.05, 0) is 32.5 Å². The first-order valence-corrected chi connectivity index (χ1v) is 6.83. The molecule has 0 spiro atoms. The lowest BCUT2D eigenvalue weighted by Crippen LogP contribution is -2.24. The van der Waals surface area contributed by atoms with Crippen molar-refractivity contribution in [3.8, 4) is 5.88 Å². The van der Waals surface area contributed by atoms with Crippen molar-refractivity contribution >= 4 is 11.5 Å². The summed E-state index contributed by atoms with van der Waals surface area (Å²) in [6.07, 6.45) is 3.70. The van der Waals surface area contributed by atoms with Gasteiger partial charge in [-0.15, -0.1) is 0 Å². The molecule has 6 nitrogen and oxygen atoms in total. The molecule has 0 saturated carbocycles. The second-order valence-electron chi connectivity index (χ2n) is 4.31. The van der Waals surface area contributed by atoms with Gasteiger partial charge < -0.3 is 20.7 Å². The van der Waals surface area contributed by atoms with E-state index in [1.165, 1.54) is 6.33 Å². The Morgan fingerprint density at radius 3 is 2.63 bits per heavy atom. The molecule has 0 radical (unpaired) electrons. The highest BCUT2D eigenvalue weighted by molar-refractivity contribution is 5.66. The monoisotopic (exact) mass is 267 g/mol. The molecule has 1 heterocycles. The van der Waals surface area contributed by atoms with Crippen LogP contribution < -0.4 is 15.8 Å². The fraction of sp³-hybridized carbons (Fsp3) is 0.692. The SMILES string of the molecule is CCN(CC)CCCCNc1ncnc(OC)c1N. The van der Waals surface area contributed by atoms with Crippen LogP contribution in [0, 0.1) is 0 Å². The number of unbranched alkanes of at least 4 members (excludes halogenated alkanes) is 1. The number of ether oxygens (including phenoxy) is 1. The lowest BCUT2D eigenvalue weighted by atomic mass is 10.3. The summed E-state index contributed by atoms with van der Waals surface area (Å²) in [7, 11) is 1.55. The van der Waals surface area contributed by atoms with Crippen LogP contribution in [0.15, 0.2) is 6.33 Å². The molecule has 0 aromatic carbocycles. The van der Waals surface area contributed by atoms with Crippen molar-refractivity contribution in [1.29, 1.82) is 0 Å². The molecular weight excluding hydrogens is 242 g/mol. The summed E-state index contributed by atoms with van der Waals surface area (Å²) in [6.45, 7) is 8.59. The summed E-state index contributed by atoms with van der Waals surface area (Å²) in [5.41, 5.74) is 6.35. The topological polar surface area (TPSA) is 76.3 Å². The maximum absolute atomic E-state index is 5.88. The minimum atomic E-state index is 0.417. The Labute approximate surface area is 115 Å². The number of nitrogen functional groups attached to an aromatic ring is 1. The van der Waals surface area contributed by atoms with E-state index in [4.69, 9.17) is 10.5 Å². The molecule has 0 fully saturated rings. The zero-order valence-electron chi connectivity index (χ0n) is 12.1. The van der Waals surface area contributed by atoms with E-state index in [0.717, 1.165) is 39.0 Å². The number of hydrogen-bond acceptors (Lipinski definition) is 6. The number of nitrogens with two attached hydrogens (primary N) is 1. The Bertz CT molecular complexity index is 368.